The average molecular weight is 372 g/mol. The van der Waals surface area contributed by atoms with Crippen LogP contribution in [0, 0.1) is 0 Å². The molecular formula is C23H20N2OS. The van der Waals surface area contributed by atoms with Crippen LogP contribution in [-0.4, -0.2) is 14.7 Å². The second kappa shape index (κ2) is 7.43. The van der Waals surface area contributed by atoms with E-state index in [1.165, 1.54) is 0 Å². The first-order chi connectivity index (χ1) is 13.2. The Bertz CT molecular complexity index is 975. The number of aromatic nitrogens is 2. The normalized spacial score (nSPS) is 11.5. The van der Waals surface area contributed by atoms with E-state index in [2.05, 4.69) is 17.1 Å². The Kier molecular flexibility index (Phi) is 4.84. The van der Waals surface area contributed by atoms with Crippen LogP contribution in [0.5, 0.6) is 0 Å². The lowest BCUT2D eigenvalue weighted by Gasteiger charge is -2.30. The van der Waals surface area contributed by atoms with Gasteiger partial charge >= 0.3 is 0 Å². The van der Waals surface area contributed by atoms with Gasteiger partial charge < -0.3 is 9.67 Å². The van der Waals surface area contributed by atoms with Crippen molar-refractivity contribution in [1.82, 2.24) is 9.55 Å². The fraction of sp³-hybridized carbons (Fsp3) is 0.0870. The molecule has 4 rings (SSSR count). The van der Waals surface area contributed by atoms with Crippen LogP contribution in [0.3, 0.4) is 0 Å². The molecule has 1 N–H and O–H groups in total. The van der Waals surface area contributed by atoms with Crippen molar-refractivity contribution in [2.45, 2.75) is 15.7 Å². The molecule has 4 heteroatoms. The largest absolute Gasteiger partial charge is 0.374 e. The summed E-state index contributed by atoms with van der Waals surface area (Å²) in [6.45, 7) is 0. The molecule has 0 spiro atoms. The monoisotopic (exact) mass is 372 g/mol. The Morgan fingerprint density at radius 3 is 1.78 bits per heavy atom. The van der Waals surface area contributed by atoms with E-state index in [9.17, 15) is 5.11 Å². The van der Waals surface area contributed by atoms with Crippen molar-refractivity contribution in [2.75, 3.05) is 0 Å². The Morgan fingerprint density at radius 2 is 1.26 bits per heavy atom. The number of benzene rings is 3. The molecule has 134 valence electrons. The zero-order chi connectivity index (χ0) is 18.7. The van der Waals surface area contributed by atoms with Gasteiger partial charge in [-0.05, 0) is 23.3 Å². The summed E-state index contributed by atoms with van der Waals surface area (Å²) in [5, 5.41) is 12.8. The molecule has 3 aromatic carbocycles. The highest BCUT2D eigenvalue weighted by Gasteiger charge is 2.37. The Labute approximate surface area is 163 Å². The van der Waals surface area contributed by atoms with Crippen molar-refractivity contribution in [1.29, 1.82) is 0 Å². The standard InChI is InChI=1S/C23H20N2OS/c1-25-21(17-24-22(25)27-20-15-9-4-10-16-20)23(26,18-11-5-2-6-12-18)19-13-7-3-8-14-19/h2-17,26H,1H3. The van der Waals surface area contributed by atoms with Crippen molar-refractivity contribution in [3.05, 3.63) is 114 Å². The van der Waals surface area contributed by atoms with E-state index in [1.807, 2.05) is 90.5 Å². The number of imidazole rings is 1. The quantitative estimate of drug-likeness (QED) is 0.544. The van der Waals surface area contributed by atoms with Gasteiger partial charge in [0, 0.05) is 11.9 Å². The molecular weight excluding hydrogens is 352 g/mol. The van der Waals surface area contributed by atoms with Gasteiger partial charge in [-0.15, -0.1) is 0 Å². The van der Waals surface area contributed by atoms with Gasteiger partial charge in [-0.25, -0.2) is 4.98 Å². The van der Waals surface area contributed by atoms with Crippen LogP contribution in [0.1, 0.15) is 16.8 Å². The van der Waals surface area contributed by atoms with Crippen LogP contribution < -0.4 is 0 Å². The molecule has 1 aromatic heterocycles. The summed E-state index contributed by atoms with van der Waals surface area (Å²) in [4.78, 5) is 5.71. The minimum Gasteiger partial charge on any atom is -0.374 e. The molecule has 27 heavy (non-hydrogen) atoms. The van der Waals surface area contributed by atoms with Crippen LogP contribution >= 0.6 is 11.8 Å². The number of hydrogen-bond donors (Lipinski definition) is 1. The molecule has 0 radical (unpaired) electrons. The summed E-state index contributed by atoms with van der Waals surface area (Å²) >= 11 is 1.58. The Balaban J connectivity index is 1.83. The molecule has 0 aliphatic heterocycles. The van der Waals surface area contributed by atoms with Gasteiger partial charge in [-0.3, -0.25) is 0 Å². The fourth-order valence-electron chi connectivity index (χ4n) is 3.24. The van der Waals surface area contributed by atoms with E-state index in [0.29, 0.717) is 0 Å². The first-order valence-corrected chi connectivity index (χ1v) is 9.60. The number of aliphatic hydroxyl groups is 1. The zero-order valence-corrected chi connectivity index (χ0v) is 15.8. The van der Waals surface area contributed by atoms with Crippen molar-refractivity contribution in [3.63, 3.8) is 0 Å². The second-order valence-corrected chi connectivity index (χ2v) is 7.38. The molecule has 0 aliphatic rings. The number of nitrogens with zero attached hydrogens (tertiary/aromatic N) is 2. The SMILES string of the molecule is Cn1c(C(O)(c2ccccc2)c2ccccc2)cnc1Sc1ccccc1. The van der Waals surface area contributed by atoms with Gasteiger partial charge in [0.2, 0.25) is 0 Å². The Hall–Kier alpha value is -2.82. The highest BCUT2D eigenvalue weighted by atomic mass is 32.2. The topological polar surface area (TPSA) is 38.0 Å². The summed E-state index contributed by atoms with van der Waals surface area (Å²) < 4.78 is 1.97. The van der Waals surface area contributed by atoms with E-state index >= 15 is 0 Å². The van der Waals surface area contributed by atoms with Gasteiger partial charge in [-0.1, -0.05) is 90.6 Å². The minimum atomic E-state index is -1.28. The summed E-state index contributed by atoms with van der Waals surface area (Å²) in [7, 11) is 1.95. The van der Waals surface area contributed by atoms with Gasteiger partial charge in [0.25, 0.3) is 0 Å². The average Bonchev–Trinajstić information content (AvgIpc) is 3.10. The molecule has 1 heterocycles. The maximum Gasteiger partial charge on any atom is 0.172 e. The third kappa shape index (κ3) is 3.29. The third-order valence-electron chi connectivity index (χ3n) is 4.65. The van der Waals surface area contributed by atoms with E-state index in [0.717, 1.165) is 26.9 Å². The van der Waals surface area contributed by atoms with Gasteiger partial charge in [-0.2, -0.15) is 0 Å². The second-order valence-electron chi connectivity index (χ2n) is 6.34. The fourth-order valence-corrected chi connectivity index (χ4v) is 4.08. The van der Waals surface area contributed by atoms with Gasteiger partial charge in [0.05, 0.1) is 11.9 Å². The highest BCUT2D eigenvalue weighted by Crippen LogP contribution is 2.38. The molecule has 0 aliphatic carbocycles. The maximum atomic E-state index is 11.9. The van der Waals surface area contributed by atoms with Crippen molar-refractivity contribution in [2.24, 2.45) is 7.05 Å². The molecule has 3 nitrogen and oxygen atoms in total. The summed E-state index contributed by atoms with van der Waals surface area (Å²) in [5.74, 6) is 0. The molecule has 0 saturated carbocycles. The van der Waals surface area contributed by atoms with Crippen LogP contribution in [0.15, 0.2) is 107 Å². The summed E-state index contributed by atoms with van der Waals surface area (Å²) in [5.41, 5.74) is 1.09. The first-order valence-electron chi connectivity index (χ1n) is 8.78. The maximum absolute atomic E-state index is 11.9. The smallest absolute Gasteiger partial charge is 0.172 e. The molecule has 0 unspecified atom stereocenters. The summed E-state index contributed by atoms with van der Waals surface area (Å²) in [6, 6.07) is 29.6. The Morgan fingerprint density at radius 1 is 0.778 bits per heavy atom. The minimum absolute atomic E-state index is 0.735. The van der Waals surface area contributed by atoms with Crippen molar-refractivity contribution < 1.29 is 5.11 Å². The van der Waals surface area contributed by atoms with Crippen LogP contribution in [0.4, 0.5) is 0 Å². The van der Waals surface area contributed by atoms with Crippen LogP contribution in [0.25, 0.3) is 0 Å². The van der Waals surface area contributed by atoms with Crippen molar-refractivity contribution in [3.8, 4) is 0 Å². The molecule has 4 aromatic rings. The third-order valence-corrected chi connectivity index (χ3v) is 5.72. The lowest BCUT2D eigenvalue weighted by molar-refractivity contribution is 0.116. The van der Waals surface area contributed by atoms with E-state index in [4.69, 9.17) is 0 Å². The van der Waals surface area contributed by atoms with Crippen LogP contribution in [0.2, 0.25) is 0 Å². The van der Waals surface area contributed by atoms with Gasteiger partial charge in [0.15, 0.2) is 10.8 Å². The lowest BCUT2D eigenvalue weighted by Crippen LogP contribution is -2.31. The summed E-state index contributed by atoms with van der Waals surface area (Å²) in [6.07, 6.45) is 1.77. The lowest BCUT2D eigenvalue weighted by atomic mass is 9.84. The highest BCUT2D eigenvalue weighted by molar-refractivity contribution is 7.99. The predicted molar refractivity (Wildman–Crippen MR) is 109 cm³/mol. The number of rotatable bonds is 5. The molecule has 0 fully saturated rings. The first kappa shape index (κ1) is 17.6. The molecule has 0 bridgehead atoms. The van der Waals surface area contributed by atoms with Gasteiger partial charge in [0.1, 0.15) is 0 Å². The van der Waals surface area contributed by atoms with E-state index in [-0.39, 0.29) is 0 Å². The predicted octanol–water partition coefficient (Wildman–Crippen LogP) is 4.86. The zero-order valence-electron chi connectivity index (χ0n) is 15.0. The van der Waals surface area contributed by atoms with E-state index in [1.54, 1.807) is 18.0 Å². The molecule has 0 atom stereocenters. The van der Waals surface area contributed by atoms with E-state index < -0.39 is 5.60 Å². The molecule has 0 amide bonds. The molecule has 0 saturated heterocycles. The number of hydrogen-bond acceptors (Lipinski definition) is 3. The van der Waals surface area contributed by atoms with Crippen molar-refractivity contribution >= 4 is 11.8 Å². The van der Waals surface area contributed by atoms with Crippen LogP contribution in [-0.2, 0) is 12.6 Å².